The zero-order chi connectivity index (χ0) is 31.0. The first kappa shape index (κ1) is 31.3. The standard InChI is InChI=1S/C31H22ClF4N3O3S/c32-24-15-10-21(31(34,35)36)17-26(24)38-28(40)18-43-23-13-11-22(12-14-23)37-30(42)27(16-20-8-4-5-9-25(20)33)39-29(41)19-6-2-1-3-7-19/h1-17H,18H2,(H,37,42)(H,38,40)(H,39,41)/b27-16-. The molecule has 0 atom stereocenters. The number of thioether (sulfide) groups is 1. The van der Waals surface area contributed by atoms with Crippen LogP contribution in [0.3, 0.4) is 0 Å². The summed E-state index contributed by atoms with van der Waals surface area (Å²) in [5.74, 6) is -2.54. The fraction of sp³-hybridized carbons (Fsp3) is 0.0645. The molecule has 0 saturated heterocycles. The Kier molecular flexibility index (Phi) is 10.2. The van der Waals surface area contributed by atoms with Crippen LogP contribution >= 0.6 is 23.4 Å². The van der Waals surface area contributed by atoms with Gasteiger partial charge in [-0.3, -0.25) is 14.4 Å². The van der Waals surface area contributed by atoms with E-state index in [4.69, 9.17) is 11.6 Å². The van der Waals surface area contributed by atoms with Crippen molar-refractivity contribution >= 4 is 58.5 Å². The van der Waals surface area contributed by atoms with Gasteiger partial charge in [0.05, 0.1) is 22.0 Å². The average Bonchev–Trinajstić information content (AvgIpc) is 2.98. The summed E-state index contributed by atoms with van der Waals surface area (Å²) in [7, 11) is 0. The van der Waals surface area contributed by atoms with E-state index in [0.29, 0.717) is 16.1 Å². The van der Waals surface area contributed by atoms with Crippen LogP contribution < -0.4 is 16.0 Å². The van der Waals surface area contributed by atoms with E-state index in [2.05, 4.69) is 16.0 Å². The van der Waals surface area contributed by atoms with Crippen LogP contribution in [-0.2, 0) is 15.8 Å². The summed E-state index contributed by atoms with van der Waals surface area (Å²) in [6.45, 7) is 0. The van der Waals surface area contributed by atoms with Crippen molar-refractivity contribution in [3.8, 4) is 0 Å². The van der Waals surface area contributed by atoms with E-state index in [9.17, 15) is 31.9 Å². The van der Waals surface area contributed by atoms with Gasteiger partial charge in [0.25, 0.3) is 11.8 Å². The summed E-state index contributed by atoms with van der Waals surface area (Å²) < 4.78 is 53.2. The van der Waals surface area contributed by atoms with Crippen LogP contribution in [0.4, 0.5) is 28.9 Å². The Morgan fingerprint density at radius 2 is 1.51 bits per heavy atom. The molecule has 0 saturated carbocycles. The van der Waals surface area contributed by atoms with Gasteiger partial charge in [-0.25, -0.2) is 4.39 Å². The van der Waals surface area contributed by atoms with Crippen molar-refractivity contribution in [1.82, 2.24) is 5.32 Å². The molecule has 4 aromatic rings. The first-order chi connectivity index (χ1) is 20.5. The molecule has 0 aliphatic carbocycles. The summed E-state index contributed by atoms with van der Waals surface area (Å²) >= 11 is 7.04. The highest BCUT2D eigenvalue weighted by atomic mass is 35.5. The minimum Gasteiger partial charge on any atom is -0.324 e. The Labute approximate surface area is 253 Å². The van der Waals surface area contributed by atoms with E-state index < -0.39 is 35.3 Å². The Bertz CT molecular complexity index is 1660. The number of rotatable bonds is 9. The molecule has 220 valence electrons. The van der Waals surface area contributed by atoms with Gasteiger partial charge in [0, 0.05) is 21.7 Å². The van der Waals surface area contributed by atoms with Crippen molar-refractivity contribution < 1.29 is 31.9 Å². The summed E-state index contributed by atoms with van der Waals surface area (Å²) in [6.07, 6.45) is -3.36. The molecular weight excluding hydrogens is 606 g/mol. The number of halogens is 5. The van der Waals surface area contributed by atoms with Crippen molar-refractivity contribution in [2.24, 2.45) is 0 Å². The summed E-state index contributed by atoms with van der Waals surface area (Å²) in [5.41, 5.74) is -0.541. The molecule has 0 aliphatic heterocycles. The van der Waals surface area contributed by atoms with Gasteiger partial charge in [-0.2, -0.15) is 13.2 Å². The Morgan fingerprint density at radius 3 is 2.19 bits per heavy atom. The number of anilines is 2. The Balaban J connectivity index is 1.40. The SMILES string of the molecule is O=C(CSc1ccc(NC(=O)/C(=C/c2ccccc2F)NC(=O)c2ccccc2)cc1)Nc1cc(C(F)(F)F)ccc1Cl. The lowest BCUT2D eigenvalue weighted by molar-refractivity contribution is -0.137. The predicted molar refractivity (Wildman–Crippen MR) is 159 cm³/mol. The maximum Gasteiger partial charge on any atom is 0.416 e. The van der Waals surface area contributed by atoms with Crippen LogP contribution in [0.1, 0.15) is 21.5 Å². The highest BCUT2D eigenvalue weighted by Crippen LogP contribution is 2.34. The van der Waals surface area contributed by atoms with Crippen LogP contribution in [0.2, 0.25) is 5.02 Å². The fourth-order valence-corrected chi connectivity index (χ4v) is 4.52. The molecule has 6 nitrogen and oxygen atoms in total. The quantitative estimate of drug-likeness (QED) is 0.101. The third kappa shape index (κ3) is 8.94. The van der Waals surface area contributed by atoms with Crippen LogP contribution in [0.25, 0.3) is 6.08 Å². The average molecular weight is 628 g/mol. The monoisotopic (exact) mass is 627 g/mol. The molecule has 12 heteroatoms. The third-order valence-corrected chi connectivity index (χ3v) is 7.13. The molecule has 0 aliphatic rings. The first-order valence-electron chi connectivity index (χ1n) is 12.5. The van der Waals surface area contributed by atoms with E-state index in [1.54, 1.807) is 60.7 Å². The fourth-order valence-electron chi connectivity index (χ4n) is 3.66. The van der Waals surface area contributed by atoms with Gasteiger partial charge in [0.2, 0.25) is 5.91 Å². The molecule has 4 aromatic carbocycles. The minimum absolute atomic E-state index is 0.0326. The molecule has 0 heterocycles. The minimum atomic E-state index is -4.59. The summed E-state index contributed by atoms with van der Waals surface area (Å²) in [6, 6.07) is 23.0. The highest BCUT2D eigenvalue weighted by molar-refractivity contribution is 8.00. The van der Waals surface area contributed by atoms with E-state index in [0.717, 1.165) is 30.0 Å². The van der Waals surface area contributed by atoms with Gasteiger partial charge in [-0.1, -0.05) is 48.0 Å². The lowest BCUT2D eigenvalue weighted by Gasteiger charge is -2.12. The molecular formula is C31H22ClF4N3O3S. The van der Waals surface area contributed by atoms with Crippen LogP contribution in [0, 0.1) is 5.82 Å². The smallest absolute Gasteiger partial charge is 0.324 e. The third-order valence-electron chi connectivity index (χ3n) is 5.78. The summed E-state index contributed by atoms with van der Waals surface area (Å²) in [4.78, 5) is 38.8. The number of amides is 3. The van der Waals surface area contributed by atoms with E-state index in [-0.39, 0.29) is 27.7 Å². The predicted octanol–water partition coefficient (Wildman–Crippen LogP) is 7.64. The lowest BCUT2D eigenvalue weighted by atomic mass is 10.1. The number of carbonyl (C=O) groups is 3. The maximum absolute atomic E-state index is 14.3. The van der Waals surface area contributed by atoms with E-state index >= 15 is 0 Å². The van der Waals surface area contributed by atoms with Gasteiger partial charge in [0.15, 0.2) is 0 Å². The largest absolute Gasteiger partial charge is 0.416 e. The van der Waals surface area contributed by atoms with Crippen LogP contribution in [-0.4, -0.2) is 23.5 Å². The number of hydrogen-bond acceptors (Lipinski definition) is 4. The van der Waals surface area contributed by atoms with Gasteiger partial charge < -0.3 is 16.0 Å². The number of alkyl halides is 3. The van der Waals surface area contributed by atoms with Gasteiger partial charge in [-0.05, 0) is 66.7 Å². The molecule has 3 N–H and O–H groups in total. The lowest BCUT2D eigenvalue weighted by Crippen LogP contribution is -2.30. The molecule has 4 rings (SSSR count). The number of hydrogen-bond donors (Lipinski definition) is 3. The Hall–Kier alpha value is -4.61. The maximum atomic E-state index is 14.3. The molecule has 0 spiro atoms. The number of nitrogens with one attached hydrogen (secondary N) is 3. The normalized spacial score (nSPS) is 11.5. The second kappa shape index (κ2) is 14.0. The molecule has 0 fully saturated rings. The second-order valence-electron chi connectivity index (χ2n) is 8.91. The molecule has 43 heavy (non-hydrogen) atoms. The highest BCUT2D eigenvalue weighted by Gasteiger charge is 2.31. The van der Waals surface area contributed by atoms with Gasteiger partial charge in [-0.15, -0.1) is 11.8 Å². The number of benzene rings is 4. The first-order valence-corrected chi connectivity index (χ1v) is 13.9. The van der Waals surface area contributed by atoms with E-state index in [1.165, 1.54) is 24.3 Å². The van der Waals surface area contributed by atoms with Crippen molar-refractivity contribution in [3.05, 3.63) is 130 Å². The van der Waals surface area contributed by atoms with Crippen molar-refractivity contribution in [2.75, 3.05) is 16.4 Å². The van der Waals surface area contributed by atoms with Crippen LogP contribution in [0.5, 0.6) is 0 Å². The van der Waals surface area contributed by atoms with Crippen molar-refractivity contribution in [3.63, 3.8) is 0 Å². The molecule has 3 amide bonds. The number of carbonyl (C=O) groups excluding carboxylic acids is 3. The summed E-state index contributed by atoms with van der Waals surface area (Å²) in [5, 5.41) is 7.52. The molecule has 0 bridgehead atoms. The van der Waals surface area contributed by atoms with Crippen molar-refractivity contribution in [1.29, 1.82) is 0 Å². The van der Waals surface area contributed by atoms with Crippen molar-refractivity contribution in [2.45, 2.75) is 11.1 Å². The van der Waals surface area contributed by atoms with Crippen LogP contribution in [0.15, 0.2) is 108 Å². The van der Waals surface area contributed by atoms with Gasteiger partial charge in [0.1, 0.15) is 11.5 Å². The Morgan fingerprint density at radius 1 is 0.837 bits per heavy atom. The molecule has 0 unspecified atom stereocenters. The zero-order valence-electron chi connectivity index (χ0n) is 22.0. The second-order valence-corrected chi connectivity index (χ2v) is 10.4. The molecule has 0 radical (unpaired) electrons. The van der Waals surface area contributed by atoms with E-state index in [1.807, 2.05) is 0 Å². The zero-order valence-corrected chi connectivity index (χ0v) is 23.6. The van der Waals surface area contributed by atoms with Gasteiger partial charge >= 0.3 is 6.18 Å². The molecule has 0 aromatic heterocycles. The topological polar surface area (TPSA) is 87.3 Å².